The van der Waals surface area contributed by atoms with E-state index < -0.39 is 0 Å². The van der Waals surface area contributed by atoms with Crippen molar-refractivity contribution in [2.75, 3.05) is 6.61 Å². The fourth-order valence-corrected chi connectivity index (χ4v) is 3.31. The van der Waals surface area contributed by atoms with Crippen molar-refractivity contribution in [2.24, 2.45) is 0 Å². The Balaban J connectivity index is 1.63. The predicted octanol–water partition coefficient (Wildman–Crippen LogP) is 6.63. The summed E-state index contributed by atoms with van der Waals surface area (Å²) in [6.07, 6.45) is 13.0. The fraction of sp³-hybridized carbons (Fsp3) is 0.480. The Labute approximate surface area is 174 Å². The van der Waals surface area contributed by atoms with Crippen molar-refractivity contribution in [3.8, 4) is 17.2 Å². The highest BCUT2D eigenvalue weighted by molar-refractivity contribution is 6.09. The molecule has 2 aromatic rings. The highest BCUT2D eigenvalue weighted by Crippen LogP contribution is 2.26. The van der Waals surface area contributed by atoms with Gasteiger partial charge < -0.3 is 14.9 Å². The third kappa shape index (κ3) is 8.18. The van der Waals surface area contributed by atoms with E-state index in [2.05, 4.69) is 6.92 Å². The van der Waals surface area contributed by atoms with Crippen LogP contribution in [0.1, 0.15) is 87.1 Å². The number of carbonyl (C=O) groups excluding carboxylic acids is 1. The smallest absolute Gasteiger partial charge is 0.193 e. The van der Waals surface area contributed by atoms with Crippen LogP contribution in [0.15, 0.2) is 42.5 Å². The SMILES string of the molecule is CCCCCCCCCCCCOc1ccc(C(=O)c2ccc(O)c(O)c2)cc1. The first-order valence-corrected chi connectivity index (χ1v) is 10.9. The molecule has 0 aliphatic carbocycles. The minimum Gasteiger partial charge on any atom is -0.504 e. The van der Waals surface area contributed by atoms with Gasteiger partial charge in [0.2, 0.25) is 0 Å². The van der Waals surface area contributed by atoms with Crippen molar-refractivity contribution in [2.45, 2.75) is 71.1 Å². The number of rotatable bonds is 14. The minimum atomic E-state index is -0.299. The summed E-state index contributed by atoms with van der Waals surface area (Å²) in [5, 5.41) is 18.9. The molecule has 0 aliphatic heterocycles. The Morgan fingerprint density at radius 3 is 1.86 bits per heavy atom. The van der Waals surface area contributed by atoms with Crippen LogP contribution in [-0.2, 0) is 0 Å². The number of aromatic hydroxyl groups is 2. The summed E-state index contributed by atoms with van der Waals surface area (Å²) in [7, 11) is 0. The lowest BCUT2D eigenvalue weighted by Crippen LogP contribution is -2.02. The van der Waals surface area contributed by atoms with Gasteiger partial charge in [-0.3, -0.25) is 4.79 Å². The lowest BCUT2D eigenvalue weighted by atomic mass is 10.0. The summed E-state index contributed by atoms with van der Waals surface area (Å²) >= 11 is 0. The van der Waals surface area contributed by atoms with Crippen molar-refractivity contribution in [1.82, 2.24) is 0 Å². The Morgan fingerprint density at radius 2 is 1.28 bits per heavy atom. The number of carbonyl (C=O) groups is 1. The van der Waals surface area contributed by atoms with Crippen molar-refractivity contribution < 1.29 is 19.7 Å². The second kappa shape index (κ2) is 12.9. The predicted molar refractivity (Wildman–Crippen MR) is 117 cm³/mol. The summed E-state index contributed by atoms with van der Waals surface area (Å²) in [5.41, 5.74) is 0.848. The standard InChI is InChI=1S/C25H34O4/c1-2-3-4-5-6-7-8-9-10-11-18-29-22-15-12-20(13-16-22)25(28)21-14-17-23(26)24(27)19-21/h12-17,19,26-27H,2-11,18H2,1H3. The molecular weight excluding hydrogens is 364 g/mol. The average molecular weight is 399 g/mol. The molecule has 2 aromatic carbocycles. The first kappa shape index (κ1) is 22.8. The molecule has 0 amide bonds. The molecule has 0 fully saturated rings. The van der Waals surface area contributed by atoms with E-state index in [9.17, 15) is 15.0 Å². The first-order chi connectivity index (χ1) is 14.1. The van der Waals surface area contributed by atoms with Crippen molar-refractivity contribution in [1.29, 1.82) is 0 Å². The van der Waals surface area contributed by atoms with Gasteiger partial charge in [-0.2, -0.15) is 0 Å². The van der Waals surface area contributed by atoms with Crippen molar-refractivity contribution >= 4 is 5.78 Å². The van der Waals surface area contributed by atoms with Crippen LogP contribution in [0.2, 0.25) is 0 Å². The van der Waals surface area contributed by atoms with E-state index in [4.69, 9.17) is 4.74 Å². The zero-order chi connectivity index (χ0) is 20.9. The van der Waals surface area contributed by atoms with E-state index in [1.165, 1.54) is 76.0 Å². The molecule has 0 heterocycles. The van der Waals surface area contributed by atoms with Crippen molar-refractivity contribution in [3.63, 3.8) is 0 Å². The van der Waals surface area contributed by atoms with Gasteiger partial charge in [0.1, 0.15) is 5.75 Å². The molecule has 158 valence electrons. The van der Waals surface area contributed by atoms with Crippen LogP contribution in [0.25, 0.3) is 0 Å². The van der Waals surface area contributed by atoms with E-state index in [0.717, 1.165) is 12.2 Å². The van der Waals surface area contributed by atoms with E-state index >= 15 is 0 Å². The summed E-state index contributed by atoms with van der Waals surface area (Å²) in [6, 6.07) is 11.1. The molecule has 2 N–H and O–H groups in total. The van der Waals surface area contributed by atoms with Crippen LogP contribution >= 0.6 is 0 Å². The maximum atomic E-state index is 12.4. The van der Waals surface area contributed by atoms with Gasteiger partial charge in [0.25, 0.3) is 0 Å². The first-order valence-electron chi connectivity index (χ1n) is 10.9. The summed E-state index contributed by atoms with van der Waals surface area (Å²) < 4.78 is 5.77. The Bertz CT molecular complexity index is 737. The normalized spacial score (nSPS) is 10.8. The van der Waals surface area contributed by atoms with Gasteiger partial charge in [0.15, 0.2) is 17.3 Å². The van der Waals surface area contributed by atoms with Gasteiger partial charge in [-0.15, -0.1) is 0 Å². The summed E-state index contributed by atoms with van der Waals surface area (Å²) in [6.45, 7) is 2.94. The third-order valence-corrected chi connectivity index (χ3v) is 5.12. The summed E-state index contributed by atoms with van der Waals surface area (Å²) in [4.78, 5) is 12.4. The lowest BCUT2D eigenvalue weighted by molar-refractivity contribution is 0.103. The highest BCUT2D eigenvalue weighted by atomic mass is 16.5. The molecule has 0 radical (unpaired) electrons. The second-order valence-electron chi connectivity index (χ2n) is 7.59. The minimum absolute atomic E-state index is 0.207. The number of phenolic OH excluding ortho intramolecular Hbond substituents is 2. The molecule has 0 bridgehead atoms. The number of ketones is 1. The molecule has 2 rings (SSSR count). The lowest BCUT2D eigenvalue weighted by Gasteiger charge is -2.08. The average Bonchev–Trinajstić information content (AvgIpc) is 2.74. The van der Waals surface area contributed by atoms with Gasteiger partial charge in [0.05, 0.1) is 6.61 Å². The second-order valence-corrected chi connectivity index (χ2v) is 7.59. The van der Waals surface area contributed by atoms with Gasteiger partial charge in [-0.25, -0.2) is 0 Å². The van der Waals surface area contributed by atoms with E-state index in [-0.39, 0.29) is 17.3 Å². The number of benzene rings is 2. The number of phenols is 2. The molecule has 0 saturated heterocycles. The number of unbranched alkanes of at least 4 members (excludes halogenated alkanes) is 9. The molecule has 0 saturated carbocycles. The van der Waals surface area contributed by atoms with Crippen LogP contribution in [0.4, 0.5) is 0 Å². The van der Waals surface area contributed by atoms with Gasteiger partial charge in [0, 0.05) is 11.1 Å². The van der Waals surface area contributed by atoms with Gasteiger partial charge in [-0.05, 0) is 48.9 Å². The van der Waals surface area contributed by atoms with Crippen LogP contribution < -0.4 is 4.74 Å². The van der Waals surface area contributed by atoms with Crippen LogP contribution in [-0.4, -0.2) is 22.6 Å². The van der Waals surface area contributed by atoms with Crippen LogP contribution in [0.5, 0.6) is 17.2 Å². The molecule has 0 spiro atoms. The van der Waals surface area contributed by atoms with E-state index in [0.29, 0.717) is 17.7 Å². The highest BCUT2D eigenvalue weighted by Gasteiger charge is 2.11. The monoisotopic (exact) mass is 398 g/mol. The topological polar surface area (TPSA) is 66.8 Å². The van der Waals surface area contributed by atoms with Crippen LogP contribution in [0, 0.1) is 0 Å². The molecule has 0 aliphatic rings. The van der Waals surface area contributed by atoms with E-state index in [1.807, 2.05) is 0 Å². The largest absolute Gasteiger partial charge is 0.504 e. The third-order valence-electron chi connectivity index (χ3n) is 5.12. The maximum absolute atomic E-state index is 12.4. The Hall–Kier alpha value is -2.49. The molecule has 4 nitrogen and oxygen atoms in total. The maximum Gasteiger partial charge on any atom is 0.193 e. The molecular formula is C25H34O4. The number of hydrogen-bond acceptors (Lipinski definition) is 4. The molecule has 29 heavy (non-hydrogen) atoms. The van der Waals surface area contributed by atoms with Gasteiger partial charge >= 0.3 is 0 Å². The Morgan fingerprint density at radius 1 is 0.724 bits per heavy atom. The van der Waals surface area contributed by atoms with Gasteiger partial charge in [-0.1, -0.05) is 64.7 Å². The molecule has 4 heteroatoms. The summed E-state index contributed by atoms with van der Waals surface area (Å²) in [5.74, 6) is 0.0112. The number of hydrogen-bond donors (Lipinski definition) is 2. The molecule has 0 aromatic heterocycles. The zero-order valence-corrected chi connectivity index (χ0v) is 17.5. The van der Waals surface area contributed by atoms with Crippen molar-refractivity contribution in [3.05, 3.63) is 53.6 Å². The zero-order valence-electron chi connectivity index (χ0n) is 17.5. The quantitative estimate of drug-likeness (QED) is 0.213. The number of ether oxygens (including phenoxy) is 1. The molecule has 0 unspecified atom stereocenters. The molecule has 0 atom stereocenters. The Kier molecular flexibility index (Phi) is 10.1. The van der Waals surface area contributed by atoms with Crippen LogP contribution in [0.3, 0.4) is 0 Å². The van der Waals surface area contributed by atoms with E-state index in [1.54, 1.807) is 24.3 Å². The fourth-order valence-electron chi connectivity index (χ4n) is 3.31.